The van der Waals surface area contributed by atoms with E-state index in [1.807, 2.05) is 0 Å². The van der Waals surface area contributed by atoms with Crippen molar-refractivity contribution < 1.29 is 37.7 Å². The average molecular weight is 430 g/mol. The summed E-state index contributed by atoms with van der Waals surface area (Å²) in [4.78, 5) is 19.8. The minimum Gasteiger partial charge on any atom is -0.425 e. The van der Waals surface area contributed by atoms with Gasteiger partial charge in [0.15, 0.2) is 11.5 Å². The normalized spacial score (nSPS) is 16.6. The van der Waals surface area contributed by atoms with Crippen LogP contribution in [0.15, 0.2) is 24.3 Å². The lowest BCUT2D eigenvalue weighted by Crippen LogP contribution is -2.56. The van der Waals surface area contributed by atoms with Crippen LogP contribution in [0.5, 0.6) is 17.5 Å². The van der Waals surface area contributed by atoms with Gasteiger partial charge in [-0.25, -0.2) is 0 Å². The molecule has 0 spiro atoms. The van der Waals surface area contributed by atoms with Crippen molar-refractivity contribution in [1.82, 2.24) is 14.5 Å². The number of carbonyl (C=O) groups is 1. The summed E-state index contributed by atoms with van der Waals surface area (Å²) in [6, 6.07) is 4.86. The Morgan fingerprint density at radius 1 is 1.23 bits per heavy atom. The minimum atomic E-state index is -4.84. The summed E-state index contributed by atoms with van der Waals surface area (Å²) >= 11 is 0. The quantitative estimate of drug-likeness (QED) is 0.694. The first kappa shape index (κ1) is 21.7. The molecule has 0 saturated carbocycles. The Balaban J connectivity index is 1.92. The molecule has 2 heterocycles. The number of rotatable bonds is 7. The van der Waals surface area contributed by atoms with Gasteiger partial charge in [0.25, 0.3) is 5.91 Å². The molecule has 0 fully saturated rings. The van der Waals surface area contributed by atoms with E-state index in [0.717, 1.165) is 12.1 Å². The molecule has 9 nitrogen and oxygen atoms in total. The number of amides is 1. The Labute approximate surface area is 169 Å². The zero-order valence-electron chi connectivity index (χ0n) is 16.3. The molecule has 1 aromatic heterocycles. The van der Waals surface area contributed by atoms with Crippen LogP contribution < -0.4 is 14.4 Å². The predicted molar refractivity (Wildman–Crippen MR) is 98.2 cm³/mol. The molecule has 0 radical (unpaired) electrons. The molecule has 1 unspecified atom stereocenters. The number of ether oxygens (including phenoxy) is 2. The van der Waals surface area contributed by atoms with Crippen LogP contribution in [0.3, 0.4) is 0 Å². The molecule has 1 amide bonds. The highest BCUT2D eigenvalue weighted by atomic mass is 19.4. The first-order valence-electron chi connectivity index (χ1n) is 9.13. The zero-order valence-corrected chi connectivity index (χ0v) is 16.3. The summed E-state index contributed by atoms with van der Waals surface area (Å²) in [5.41, 5.74) is 0.151. The Morgan fingerprint density at radius 3 is 2.57 bits per heavy atom. The zero-order chi connectivity index (χ0) is 22.1. The molecular formula is C18H21F3N4O5. The van der Waals surface area contributed by atoms with Crippen LogP contribution in [-0.4, -0.2) is 63.0 Å². The van der Waals surface area contributed by atoms with E-state index in [1.165, 1.54) is 33.5 Å². The molecule has 0 bridgehead atoms. The first-order chi connectivity index (χ1) is 14.2. The molecule has 1 aliphatic rings. The van der Waals surface area contributed by atoms with Crippen LogP contribution in [-0.2, 0) is 7.05 Å². The van der Waals surface area contributed by atoms with Gasteiger partial charge in [0.1, 0.15) is 11.5 Å². The van der Waals surface area contributed by atoms with Crippen LogP contribution >= 0.6 is 0 Å². The summed E-state index contributed by atoms with van der Waals surface area (Å²) in [7, 11) is 1.52. The second-order valence-corrected chi connectivity index (χ2v) is 6.46. The molecule has 30 heavy (non-hydrogen) atoms. The van der Waals surface area contributed by atoms with Crippen molar-refractivity contribution in [3.05, 3.63) is 30.0 Å². The van der Waals surface area contributed by atoms with Crippen LogP contribution in [0.4, 0.5) is 19.0 Å². The van der Waals surface area contributed by atoms with Gasteiger partial charge in [-0.15, -0.1) is 13.2 Å². The maximum atomic E-state index is 12.9. The number of alkyl halides is 3. The average Bonchev–Trinajstić information content (AvgIpc) is 2.97. The number of aromatic nitrogens is 2. The maximum absolute atomic E-state index is 12.9. The Hall–Kier alpha value is -2.99. The topological polar surface area (TPSA) is 100 Å². The smallest absolute Gasteiger partial charge is 0.425 e. The SMILES string of the molecule is CCN1c2nc(Oc3cccc(OC(F)(F)F)c3)n(C)c2C(=O)N(CCCO)C1O. The number of anilines is 1. The Morgan fingerprint density at radius 2 is 1.93 bits per heavy atom. The van der Waals surface area contributed by atoms with Crippen molar-refractivity contribution in [2.45, 2.75) is 26.1 Å². The van der Waals surface area contributed by atoms with Gasteiger partial charge in [-0.05, 0) is 25.5 Å². The van der Waals surface area contributed by atoms with E-state index in [4.69, 9.17) is 9.84 Å². The van der Waals surface area contributed by atoms with E-state index in [1.54, 1.807) is 6.92 Å². The highest BCUT2D eigenvalue weighted by Gasteiger charge is 2.40. The van der Waals surface area contributed by atoms with Crippen molar-refractivity contribution in [2.75, 3.05) is 24.6 Å². The van der Waals surface area contributed by atoms with E-state index in [-0.39, 0.29) is 42.8 Å². The van der Waals surface area contributed by atoms with Crippen molar-refractivity contribution in [2.24, 2.45) is 7.05 Å². The first-order valence-corrected chi connectivity index (χ1v) is 9.13. The van der Waals surface area contributed by atoms with Gasteiger partial charge in [-0.3, -0.25) is 14.3 Å². The van der Waals surface area contributed by atoms with Crippen molar-refractivity contribution >= 4 is 11.7 Å². The summed E-state index contributed by atoms with van der Waals surface area (Å²) in [6.07, 6.45) is -5.83. The number of halogens is 3. The number of benzene rings is 1. The molecule has 3 rings (SSSR count). The third kappa shape index (κ3) is 4.28. The predicted octanol–water partition coefficient (Wildman–Crippen LogP) is 2.05. The Bertz CT molecular complexity index is 918. The van der Waals surface area contributed by atoms with Gasteiger partial charge in [0.2, 0.25) is 6.35 Å². The Kier molecular flexibility index (Phi) is 6.08. The lowest BCUT2D eigenvalue weighted by molar-refractivity contribution is -0.274. The highest BCUT2D eigenvalue weighted by molar-refractivity contribution is 5.99. The number of nitrogens with zero attached hydrogens (tertiary/aromatic N) is 4. The molecule has 12 heteroatoms. The molecule has 1 atom stereocenters. The maximum Gasteiger partial charge on any atom is 0.573 e. The molecule has 164 valence electrons. The van der Waals surface area contributed by atoms with Crippen molar-refractivity contribution in [3.63, 3.8) is 0 Å². The van der Waals surface area contributed by atoms with Crippen molar-refractivity contribution in [3.8, 4) is 17.5 Å². The fourth-order valence-electron chi connectivity index (χ4n) is 3.12. The second kappa shape index (κ2) is 8.40. The van der Waals surface area contributed by atoms with Crippen LogP contribution in [0.2, 0.25) is 0 Å². The van der Waals surface area contributed by atoms with Gasteiger partial charge in [0.05, 0.1) is 0 Å². The number of carbonyl (C=O) groups excluding carboxylic acids is 1. The molecular weight excluding hydrogens is 409 g/mol. The van der Waals surface area contributed by atoms with E-state index in [9.17, 15) is 23.1 Å². The highest BCUT2D eigenvalue weighted by Crippen LogP contribution is 2.35. The number of imidazole rings is 1. The number of aliphatic hydroxyl groups is 2. The van der Waals surface area contributed by atoms with Crippen LogP contribution in [0.1, 0.15) is 23.8 Å². The number of hydrogen-bond donors (Lipinski definition) is 2. The van der Waals surface area contributed by atoms with Crippen LogP contribution in [0.25, 0.3) is 0 Å². The van der Waals surface area contributed by atoms with Gasteiger partial charge in [0, 0.05) is 32.8 Å². The number of fused-ring (bicyclic) bond motifs is 1. The standard InChI is InChI=1S/C18H21F3N4O5/c1-3-24-14-13(15(27)25(17(24)28)8-5-9-26)23(2)16(22-14)29-11-6-4-7-12(10-11)30-18(19,20)21/h4,6-7,10,17,26,28H,3,5,8-9H2,1-2H3. The fourth-order valence-corrected chi connectivity index (χ4v) is 3.12. The van der Waals surface area contributed by atoms with Crippen LogP contribution in [0, 0.1) is 0 Å². The largest absolute Gasteiger partial charge is 0.573 e. The number of hydrogen-bond acceptors (Lipinski definition) is 7. The molecule has 1 aliphatic heterocycles. The molecule has 1 aromatic carbocycles. The molecule has 2 N–H and O–H groups in total. The van der Waals surface area contributed by atoms with E-state index < -0.39 is 24.4 Å². The van der Waals surface area contributed by atoms with Crippen molar-refractivity contribution in [1.29, 1.82) is 0 Å². The second-order valence-electron chi connectivity index (χ2n) is 6.46. The molecule has 2 aromatic rings. The third-order valence-electron chi connectivity index (χ3n) is 4.47. The lowest BCUT2D eigenvalue weighted by atomic mass is 10.2. The molecule has 0 saturated heterocycles. The minimum absolute atomic E-state index is 0.0235. The van der Waals surface area contributed by atoms with E-state index in [0.29, 0.717) is 6.54 Å². The van der Waals surface area contributed by atoms with Gasteiger partial charge < -0.3 is 24.6 Å². The van der Waals surface area contributed by atoms with Gasteiger partial charge in [-0.1, -0.05) is 6.07 Å². The number of aliphatic hydroxyl groups excluding tert-OH is 2. The molecule has 0 aliphatic carbocycles. The van der Waals surface area contributed by atoms with E-state index >= 15 is 0 Å². The third-order valence-corrected chi connectivity index (χ3v) is 4.47. The summed E-state index contributed by atoms with van der Waals surface area (Å²) in [5.74, 6) is -0.753. The summed E-state index contributed by atoms with van der Waals surface area (Å²) < 4.78 is 48.1. The van der Waals surface area contributed by atoms with Gasteiger partial charge >= 0.3 is 12.4 Å². The summed E-state index contributed by atoms with van der Waals surface area (Å²) in [6.45, 7) is 2.07. The lowest BCUT2D eigenvalue weighted by Gasteiger charge is -2.39. The monoisotopic (exact) mass is 430 g/mol. The van der Waals surface area contributed by atoms with E-state index in [2.05, 4.69) is 9.72 Å². The van der Waals surface area contributed by atoms with Gasteiger partial charge in [-0.2, -0.15) is 4.98 Å². The fraction of sp³-hybridized carbons (Fsp3) is 0.444. The summed E-state index contributed by atoms with van der Waals surface area (Å²) in [5, 5.41) is 19.6.